The average molecular weight is 394 g/mol. The molecule has 0 saturated carbocycles. The summed E-state index contributed by atoms with van der Waals surface area (Å²) in [5, 5.41) is 5.98. The van der Waals surface area contributed by atoms with Gasteiger partial charge in [0.25, 0.3) is 5.91 Å². The molecule has 0 unspecified atom stereocenters. The summed E-state index contributed by atoms with van der Waals surface area (Å²) < 4.78 is 15.7. The SMILES string of the molecule is COc1ccc(NC(=O)c2cc(NCc3ccc(OC)c(OC)c3)ncn2)cc1. The highest BCUT2D eigenvalue weighted by molar-refractivity contribution is 6.03. The molecule has 150 valence electrons. The van der Waals surface area contributed by atoms with Gasteiger partial charge in [-0.05, 0) is 42.0 Å². The fourth-order valence-corrected chi connectivity index (χ4v) is 2.63. The number of rotatable bonds is 8. The number of anilines is 2. The van der Waals surface area contributed by atoms with Crippen LogP contribution >= 0.6 is 0 Å². The van der Waals surface area contributed by atoms with Crippen LogP contribution in [-0.2, 0) is 6.54 Å². The van der Waals surface area contributed by atoms with Crippen molar-refractivity contribution in [3.8, 4) is 17.2 Å². The monoisotopic (exact) mass is 394 g/mol. The standard InChI is InChI=1S/C21H22N4O4/c1-27-16-7-5-15(6-8-16)25-21(26)17-11-20(24-13-23-17)22-12-14-4-9-18(28-2)19(10-14)29-3/h4-11,13H,12H2,1-3H3,(H,25,26)(H,22,23,24). The zero-order valence-electron chi connectivity index (χ0n) is 16.4. The first-order chi connectivity index (χ1) is 14.1. The van der Waals surface area contributed by atoms with Gasteiger partial charge < -0.3 is 24.8 Å². The molecule has 0 radical (unpaired) electrons. The van der Waals surface area contributed by atoms with E-state index in [0.717, 1.165) is 5.56 Å². The second kappa shape index (κ2) is 9.41. The van der Waals surface area contributed by atoms with E-state index >= 15 is 0 Å². The highest BCUT2D eigenvalue weighted by atomic mass is 16.5. The molecule has 29 heavy (non-hydrogen) atoms. The Hall–Kier alpha value is -3.81. The molecular weight excluding hydrogens is 372 g/mol. The molecule has 1 aromatic heterocycles. The Morgan fingerprint density at radius 1 is 0.897 bits per heavy atom. The fraction of sp³-hybridized carbons (Fsp3) is 0.190. The number of hydrogen-bond acceptors (Lipinski definition) is 7. The summed E-state index contributed by atoms with van der Waals surface area (Å²) in [6.07, 6.45) is 1.35. The van der Waals surface area contributed by atoms with Crippen molar-refractivity contribution >= 4 is 17.4 Å². The molecular formula is C21H22N4O4. The van der Waals surface area contributed by atoms with Crippen LogP contribution < -0.4 is 24.8 Å². The third-order valence-corrected chi connectivity index (χ3v) is 4.17. The summed E-state index contributed by atoms with van der Waals surface area (Å²) in [6.45, 7) is 0.497. The Morgan fingerprint density at radius 3 is 2.34 bits per heavy atom. The van der Waals surface area contributed by atoms with Crippen molar-refractivity contribution in [2.45, 2.75) is 6.54 Å². The van der Waals surface area contributed by atoms with E-state index in [-0.39, 0.29) is 11.6 Å². The van der Waals surface area contributed by atoms with Crippen molar-refractivity contribution in [1.29, 1.82) is 0 Å². The van der Waals surface area contributed by atoms with E-state index in [2.05, 4.69) is 20.6 Å². The van der Waals surface area contributed by atoms with E-state index in [1.54, 1.807) is 51.7 Å². The predicted molar refractivity (Wildman–Crippen MR) is 110 cm³/mol. The Labute approximate surface area is 168 Å². The van der Waals surface area contributed by atoms with E-state index in [0.29, 0.717) is 35.3 Å². The molecule has 2 N–H and O–H groups in total. The van der Waals surface area contributed by atoms with Crippen LogP contribution in [0.25, 0.3) is 0 Å². The molecule has 0 bridgehead atoms. The number of nitrogens with zero attached hydrogens (tertiary/aromatic N) is 2. The van der Waals surface area contributed by atoms with E-state index in [4.69, 9.17) is 14.2 Å². The van der Waals surface area contributed by atoms with Crippen LogP contribution in [0.5, 0.6) is 17.2 Å². The number of amides is 1. The van der Waals surface area contributed by atoms with Crippen molar-refractivity contribution in [1.82, 2.24) is 9.97 Å². The normalized spacial score (nSPS) is 10.2. The van der Waals surface area contributed by atoms with Gasteiger partial charge in [0, 0.05) is 18.3 Å². The summed E-state index contributed by atoms with van der Waals surface area (Å²) in [6, 6.07) is 14.3. The third-order valence-electron chi connectivity index (χ3n) is 4.17. The van der Waals surface area contributed by atoms with Crippen molar-refractivity contribution < 1.29 is 19.0 Å². The number of aromatic nitrogens is 2. The second-order valence-electron chi connectivity index (χ2n) is 6.01. The van der Waals surface area contributed by atoms with Crippen LogP contribution in [0.4, 0.5) is 11.5 Å². The van der Waals surface area contributed by atoms with E-state index in [1.807, 2.05) is 18.2 Å². The largest absolute Gasteiger partial charge is 0.497 e. The summed E-state index contributed by atoms with van der Waals surface area (Å²) in [5.41, 5.74) is 1.88. The smallest absolute Gasteiger partial charge is 0.274 e. The lowest BCUT2D eigenvalue weighted by Crippen LogP contribution is -2.14. The maximum atomic E-state index is 12.5. The minimum atomic E-state index is -0.327. The first-order valence-corrected chi connectivity index (χ1v) is 8.85. The molecule has 0 fully saturated rings. The van der Waals surface area contributed by atoms with Crippen molar-refractivity contribution in [3.63, 3.8) is 0 Å². The summed E-state index contributed by atoms with van der Waals surface area (Å²) >= 11 is 0. The van der Waals surface area contributed by atoms with Crippen LogP contribution in [0.1, 0.15) is 16.1 Å². The molecule has 0 aliphatic rings. The summed E-state index contributed by atoms with van der Waals surface area (Å²) in [7, 11) is 4.77. The summed E-state index contributed by atoms with van der Waals surface area (Å²) in [4.78, 5) is 20.7. The molecule has 8 heteroatoms. The van der Waals surface area contributed by atoms with Gasteiger partial charge in [0.2, 0.25) is 0 Å². The van der Waals surface area contributed by atoms with Crippen molar-refractivity contribution in [2.24, 2.45) is 0 Å². The molecule has 0 aliphatic carbocycles. The Bertz CT molecular complexity index is 977. The number of carbonyl (C=O) groups excluding carboxylic acids is 1. The molecule has 8 nitrogen and oxygen atoms in total. The third kappa shape index (κ3) is 5.13. The highest BCUT2D eigenvalue weighted by Gasteiger charge is 2.10. The number of hydrogen-bond donors (Lipinski definition) is 2. The Balaban J connectivity index is 1.65. The zero-order valence-corrected chi connectivity index (χ0v) is 16.4. The van der Waals surface area contributed by atoms with Gasteiger partial charge in [-0.2, -0.15) is 0 Å². The number of ether oxygens (including phenoxy) is 3. The highest BCUT2D eigenvalue weighted by Crippen LogP contribution is 2.27. The van der Waals surface area contributed by atoms with E-state index in [1.165, 1.54) is 6.33 Å². The lowest BCUT2D eigenvalue weighted by molar-refractivity contribution is 0.102. The summed E-state index contributed by atoms with van der Waals surface area (Å²) in [5.74, 6) is 2.23. The number of benzene rings is 2. The molecule has 0 saturated heterocycles. The number of carbonyl (C=O) groups is 1. The Kier molecular flexibility index (Phi) is 6.47. The molecule has 3 aromatic rings. The van der Waals surface area contributed by atoms with Crippen LogP contribution in [-0.4, -0.2) is 37.2 Å². The van der Waals surface area contributed by atoms with Gasteiger partial charge >= 0.3 is 0 Å². The minimum absolute atomic E-state index is 0.255. The molecule has 3 rings (SSSR count). The maximum Gasteiger partial charge on any atom is 0.274 e. The molecule has 1 heterocycles. The minimum Gasteiger partial charge on any atom is -0.497 e. The lowest BCUT2D eigenvalue weighted by Gasteiger charge is -2.11. The first-order valence-electron chi connectivity index (χ1n) is 8.85. The van der Waals surface area contributed by atoms with Gasteiger partial charge in [-0.3, -0.25) is 4.79 Å². The second-order valence-corrected chi connectivity index (χ2v) is 6.01. The maximum absolute atomic E-state index is 12.5. The molecule has 0 atom stereocenters. The fourth-order valence-electron chi connectivity index (χ4n) is 2.63. The van der Waals surface area contributed by atoms with Crippen LogP contribution in [0, 0.1) is 0 Å². The quantitative estimate of drug-likeness (QED) is 0.605. The topological polar surface area (TPSA) is 94.6 Å². The van der Waals surface area contributed by atoms with Crippen molar-refractivity contribution in [2.75, 3.05) is 32.0 Å². The van der Waals surface area contributed by atoms with Gasteiger partial charge in [-0.15, -0.1) is 0 Å². The van der Waals surface area contributed by atoms with Crippen LogP contribution in [0.15, 0.2) is 54.9 Å². The lowest BCUT2D eigenvalue weighted by atomic mass is 10.2. The van der Waals surface area contributed by atoms with Gasteiger partial charge in [-0.25, -0.2) is 9.97 Å². The first kappa shape index (κ1) is 19.9. The molecule has 2 aromatic carbocycles. The van der Waals surface area contributed by atoms with Gasteiger partial charge in [0.05, 0.1) is 21.3 Å². The number of methoxy groups -OCH3 is 3. The van der Waals surface area contributed by atoms with E-state index in [9.17, 15) is 4.79 Å². The number of nitrogens with one attached hydrogen (secondary N) is 2. The average Bonchev–Trinajstić information content (AvgIpc) is 2.78. The Morgan fingerprint density at radius 2 is 1.66 bits per heavy atom. The predicted octanol–water partition coefficient (Wildman–Crippen LogP) is 3.37. The van der Waals surface area contributed by atoms with Gasteiger partial charge in [0.1, 0.15) is 23.6 Å². The van der Waals surface area contributed by atoms with Crippen molar-refractivity contribution in [3.05, 3.63) is 66.1 Å². The zero-order chi connectivity index (χ0) is 20.6. The van der Waals surface area contributed by atoms with Gasteiger partial charge in [0.15, 0.2) is 11.5 Å². The molecule has 0 spiro atoms. The molecule has 0 aliphatic heterocycles. The van der Waals surface area contributed by atoms with Crippen LogP contribution in [0.3, 0.4) is 0 Å². The molecule has 1 amide bonds. The van der Waals surface area contributed by atoms with Crippen LogP contribution in [0.2, 0.25) is 0 Å². The van der Waals surface area contributed by atoms with Gasteiger partial charge in [-0.1, -0.05) is 6.07 Å². The van der Waals surface area contributed by atoms with E-state index < -0.39 is 0 Å².